The second-order valence-corrected chi connectivity index (χ2v) is 5.94. The quantitative estimate of drug-likeness (QED) is 0.853. The van der Waals surface area contributed by atoms with E-state index in [-0.39, 0.29) is 5.75 Å². The monoisotopic (exact) mass is 285 g/mol. The van der Waals surface area contributed by atoms with E-state index < -0.39 is 10.0 Å². The van der Waals surface area contributed by atoms with E-state index in [0.29, 0.717) is 23.5 Å². The molecule has 2 aromatic rings. The lowest BCUT2D eigenvalue weighted by Crippen LogP contribution is -2.16. The van der Waals surface area contributed by atoms with Crippen molar-refractivity contribution in [1.29, 1.82) is 0 Å². The Labute approximate surface area is 110 Å². The Morgan fingerprint density at radius 2 is 1.89 bits per heavy atom. The smallest absolute Gasteiger partial charge is 0.232 e. The Morgan fingerprint density at radius 3 is 2.61 bits per heavy atom. The molecule has 0 atom stereocenters. The predicted octanol–water partition coefficient (Wildman–Crippen LogP) is 2.00. The average Bonchev–Trinajstić information content (AvgIpc) is 2.36. The number of hydrogen-bond donors (Lipinski definition) is 1. The van der Waals surface area contributed by atoms with Crippen molar-refractivity contribution in [2.45, 2.75) is 6.42 Å². The minimum absolute atomic E-state index is 0.00893. The Kier molecular flexibility index (Phi) is 3.98. The zero-order chi connectivity index (χ0) is 13.0. The number of benzene rings is 1. The fourth-order valence-corrected chi connectivity index (χ4v) is 2.91. The Hall–Kier alpha value is -1.40. The fraction of sp³-hybridized carbons (Fsp3) is 0.273. The number of aromatic nitrogens is 2. The van der Waals surface area contributed by atoms with Gasteiger partial charge in [0.1, 0.15) is 0 Å². The molecule has 0 saturated carbocycles. The molecule has 0 aliphatic rings. The van der Waals surface area contributed by atoms with Crippen LogP contribution < -0.4 is 4.72 Å². The molecule has 0 unspecified atom stereocenters. The largest absolute Gasteiger partial charge is 0.283 e. The molecule has 0 radical (unpaired) electrons. The maximum absolute atomic E-state index is 11.7. The van der Waals surface area contributed by atoms with Crippen molar-refractivity contribution in [1.82, 2.24) is 9.97 Å². The first-order valence-electron chi connectivity index (χ1n) is 5.38. The van der Waals surface area contributed by atoms with Crippen molar-refractivity contribution in [2.75, 3.05) is 16.4 Å². The molecule has 0 bridgehead atoms. The molecule has 7 heteroatoms. The van der Waals surface area contributed by atoms with Gasteiger partial charge in [-0.15, -0.1) is 11.6 Å². The highest BCUT2D eigenvalue weighted by Gasteiger charge is 2.10. The number of nitrogens with one attached hydrogen (secondary N) is 1. The van der Waals surface area contributed by atoms with Gasteiger partial charge in [-0.25, -0.2) is 8.42 Å². The molecule has 1 N–H and O–H groups in total. The van der Waals surface area contributed by atoms with E-state index in [9.17, 15) is 8.42 Å². The summed E-state index contributed by atoms with van der Waals surface area (Å²) in [4.78, 5) is 8.23. The summed E-state index contributed by atoms with van der Waals surface area (Å²) in [6, 6.07) is 5.04. The molecule has 96 valence electrons. The van der Waals surface area contributed by atoms with E-state index >= 15 is 0 Å². The van der Waals surface area contributed by atoms with Crippen LogP contribution >= 0.6 is 11.6 Å². The number of rotatable bonds is 5. The number of hydrogen-bond acceptors (Lipinski definition) is 4. The van der Waals surface area contributed by atoms with Gasteiger partial charge in [0.05, 0.1) is 22.5 Å². The standard InChI is InChI=1S/C11H12ClN3O2S/c12-4-1-7-18(16,17)15-9-2-3-10-11(8-9)14-6-5-13-10/h2-3,5-6,8,15H,1,4,7H2. The van der Waals surface area contributed by atoms with Crippen molar-refractivity contribution in [3.05, 3.63) is 30.6 Å². The lowest BCUT2D eigenvalue weighted by Gasteiger charge is -2.07. The van der Waals surface area contributed by atoms with Crippen LogP contribution in [0.3, 0.4) is 0 Å². The van der Waals surface area contributed by atoms with E-state index in [1.807, 2.05) is 0 Å². The van der Waals surface area contributed by atoms with Gasteiger partial charge < -0.3 is 0 Å². The van der Waals surface area contributed by atoms with Crippen molar-refractivity contribution in [3.63, 3.8) is 0 Å². The second-order valence-electron chi connectivity index (χ2n) is 3.72. The summed E-state index contributed by atoms with van der Waals surface area (Å²) >= 11 is 5.48. The van der Waals surface area contributed by atoms with Gasteiger partial charge in [-0.2, -0.15) is 0 Å². The van der Waals surface area contributed by atoms with Gasteiger partial charge in [0.2, 0.25) is 10.0 Å². The maximum atomic E-state index is 11.7. The summed E-state index contributed by atoms with van der Waals surface area (Å²) in [7, 11) is -3.35. The Bertz CT molecular complexity index is 646. The van der Waals surface area contributed by atoms with Gasteiger partial charge in [-0.05, 0) is 24.6 Å². The maximum Gasteiger partial charge on any atom is 0.232 e. The molecule has 1 aromatic heterocycles. The third-order valence-electron chi connectivity index (χ3n) is 2.29. The van der Waals surface area contributed by atoms with Crippen molar-refractivity contribution in [3.8, 4) is 0 Å². The summed E-state index contributed by atoms with van der Waals surface area (Å²) in [5, 5.41) is 0. The van der Waals surface area contributed by atoms with E-state index in [0.717, 1.165) is 5.52 Å². The van der Waals surface area contributed by atoms with Gasteiger partial charge in [-0.3, -0.25) is 14.7 Å². The average molecular weight is 286 g/mol. The topological polar surface area (TPSA) is 72.0 Å². The highest BCUT2D eigenvalue weighted by Crippen LogP contribution is 2.16. The molecule has 0 aliphatic carbocycles. The van der Waals surface area contributed by atoms with Crippen molar-refractivity contribution >= 4 is 38.3 Å². The summed E-state index contributed by atoms with van der Waals surface area (Å²) in [6.07, 6.45) is 3.57. The van der Waals surface area contributed by atoms with Crippen LogP contribution in [0.25, 0.3) is 11.0 Å². The summed E-state index contributed by atoms with van der Waals surface area (Å²) < 4.78 is 25.9. The molecule has 5 nitrogen and oxygen atoms in total. The number of anilines is 1. The first-order valence-corrected chi connectivity index (χ1v) is 7.57. The van der Waals surface area contributed by atoms with Gasteiger partial charge in [0.25, 0.3) is 0 Å². The van der Waals surface area contributed by atoms with Crippen LogP contribution in [0, 0.1) is 0 Å². The minimum Gasteiger partial charge on any atom is -0.283 e. The summed E-state index contributed by atoms with van der Waals surface area (Å²) in [5.41, 5.74) is 1.86. The number of nitrogens with zero attached hydrogens (tertiary/aromatic N) is 2. The molecule has 0 spiro atoms. The van der Waals surface area contributed by atoms with Crippen LogP contribution in [0.4, 0.5) is 5.69 Å². The van der Waals surface area contributed by atoms with Crippen LogP contribution in [-0.4, -0.2) is 30.0 Å². The Balaban J connectivity index is 2.22. The van der Waals surface area contributed by atoms with Crippen LogP contribution in [0.2, 0.25) is 0 Å². The first kappa shape index (κ1) is 13.0. The SMILES string of the molecule is O=S(=O)(CCCCl)Nc1ccc2nccnc2c1. The normalized spacial score (nSPS) is 11.6. The molecule has 1 aromatic carbocycles. The van der Waals surface area contributed by atoms with E-state index in [4.69, 9.17) is 11.6 Å². The molecule has 0 fully saturated rings. The number of halogens is 1. The zero-order valence-corrected chi connectivity index (χ0v) is 11.1. The van der Waals surface area contributed by atoms with E-state index in [1.54, 1.807) is 30.6 Å². The van der Waals surface area contributed by atoms with Gasteiger partial charge >= 0.3 is 0 Å². The third-order valence-corrected chi connectivity index (χ3v) is 3.93. The first-order chi connectivity index (χ1) is 8.61. The van der Waals surface area contributed by atoms with Gasteiger partial charge in [-0.1, -0.05) is 0 Å². The number of fused-ring (bicyclic) bond motifs is 1. The number of sulfonamides is 1. The van der Waals surface area contributed by atoms with Crippen LogP contribution in [0.1, 0.15) is 6.42 Å². The molecule has 0 aliphatic heterocycles. The summed E-state index contributed by atoms with van der Waals surface area (Å²) in [6.45, 7) is 0. The second kappa shape index (κ2) is 5.49. The van der Waals surface area contributed by atoms with E-state index in [2.05, 4.69) is 14.7 Å². The van der Waals surface area contributed by atoms with Crippen LogP contribution in [0.15, 0.2) is 30.6 Å². The van der Waals surface area contributed by atoms with Gasteiger partial charge in [0, 0.05) is 18.3 Å². The zero-order valence-electron chi connectivity index (χ0n) is 9.51. The minimum atomic E-state index is -3.35. The number of alkyl halides is 1. The van der Waals surface area contributed by atoms with Crippen molar-refractivity contribution in [2.24, 2.45) is 0 Å². The molecule has 2 rings (SSSR count). The molecule has 1 heterocycles. The third kappa shape index (κ3) is 3.30. The fourth-order valence-electron chi connectivity index (χ4n) is 1.50. The molecular formula is C11H12ClN3O2S. The Morgan fingerprint density at radius 1 is 1.17 bits per heavy atom. The highest BCUT2D eigenvalue weighted by atomic mass is 35.5. The highest BCUT2D eigenvalue weighted by molar-refractivity contribution is 7.92. The predicted molar refractivity (Wildman–Crippen MR) is 72.3 cm³/mol. The van der Waals surface area contributed by atoms with Crippen LogP contribution in [-0.2, 0) is 10.0 Å². The molecule has 0 amide bonds. The lowest BCUT2D eigenvalue weighted by atomic mass is 10.3. The molecular weight excluding hydrogens is 274 g/mol. The summed E-state index contributed by atoms with van der Waals surface area (Å²) in [5.74, 6) is 0.332. The lowest BCUT2D eigenvalue weighted by molar-refractivity contribution is 0.600. The molecule has 18 heavy (non-hydrogen) atoms. The van der Waals surface area contributed by atoms with Crippen molar-refractivity contribution < 1.29 is 8.42 Å². The van der Waals surface area contributed by atoms with Crippen LogP contribution in [0.5, 0.6) is 0 Å². The van der Waals surface area contributed by atoms with Gasteiger partial charge in [0.15, 0.2) is 0 Å². The molecule has 0 saturated heterocycles. The van der Waals surface area contributed by atoms with E-state index in [1.165, 1.54) is 0 Å².